The van der Waals surface area contributed by atoms with Crippen LogP contribution in [0.5, 0.6) is 0 Å². The van der Waals surface area contributed by atoms with Crippen LogP contribution in [0.4, 0.5) is 11.6 Å². The first kappa shape index (κ1) is 22.7. The predicted molar refractivity (Wildman–Crippen MR) is 111 cm³/mol. The second kappa shape index (κ2) is 9.77. The number of amides is 1. The second-order valence-electron chi connectivity index (χ2n) is 7.36. The average molecular weight is 422 g/mol. The highest BCUT2D eigenvalue weighted by Crippen LogP contribution is 2.17. The third kappa shape index (κ3) is 7.41. The van der Waals surface area contributed by atoms with Crippen LogP contribution in [0.25, 0.3) is 0 Å². The fourth-order valence-electron chi connectivity index (χ4n) is 2.30. The molecule has 0 saturated carbocycles. The summed E-state index contributed by atoms with van der Waals surface area (Å²) in [4.78, 5) is 20.7. The molecule has 1 amide bonds. The maximum atomic E-state index is 12.3. The number of carbonyl (C=O) groups excluding carboxylic acids is 1. The van der Waals surface area contributed by atoms with Gasteiger partial charge in [-0.25, -0.2) is 23.1 Å². The van der Waals surface area contributed by atoms with E-state index in [1.807, 2.05) is 20.8 Å². The third-order valence-corrected chi connectivity index (χ3v) is 5.09. The summed E-state index contributed by atoms with van der Waals surface area (Å²) in [6.07, 6.45) is 2.07. The monoisotopic (exact) mass is 421 g/mol. The highest BCUT2D eigenvalue weighted by Gasteiger charge is 2.17. The Kier molecular flexibility index (Phi) is 7.66. The van der Waals surface area contributed by atoms with Crippen LogP contribution < -0.4 is 15.4 Å². The molecule has 2 rings (SSSR count). The average Bonchev–Trinajstić information content (AvgIpc) is 2.65. The van der Waals surface area contributed by atoms with E-state index in [9.17, 15) is 13.2 Å². The highest BCUT2D eigenvalue weighted by molar-refractivity contribution is 7.89. The van der Waals surface area contributed by atoms with E-state index in [2.05, 4.69) is 25.3 Å². The minimum absolute atomic E-state index is 0.152. The summed E-state index contributed by atoms with van der Waals surface area (Å²) in [7, 11) is -2.02. The lowest BCUT2D eigenvalue weighted by Crippen LogP contribution is -2.41. The summed E-state index contributed by atoms with van der Waals surface area (Å²) < 4.78 is 31.9. The van der Waals surface area contributed by atoms with Gasteiger partial charge in [0, 0.05) is 37.7 Å². The molecule has 0 aliphatic heterocycles. The summed E-state index contributed by atoms with van der Waals surface area (Å²) >= 11 is 0. The molecular formula is C19H27N5O4S. The van der Waals surface area contributed by atoms with Crippen LogP contribution in [-0.4, -0.2) is 50.1 Å². The molecule has 9 nitrogen and oxygen atoms in total. The Labute approximate surface area is 171 Å². The molecule has 1 aromatic heterocycles. The van der Waals surface area contributed by atoms with Crippen LogP contribution >= 0.6 is 0 Å². The van der Waals surface area contributed by atoms with E-state index in [1.54, 1.807) is 19.2 Å². The lowest BCUT2D eigenvalue weighted by atomic mass is 10.1. The zero-order valence-electron chi connectivity index (χ0n) is 17.0. The smallest absolute Gasteiger partial charge is 0.270 e. The molecule has 3 N–H and O–H groups in total. The van der Waals surface area contributed by atoms with Crippen LogP contribution in [-0.2, 0) is 14.8 Å². The van der Waals surface area contributed by atoms with Gasteiger partial charge >= 0.3 is 0 Å². The Bertz CT molecular complexity index is 924. The summed E-state index contributed by atoms with van der Waals surface area (Å²) in [5.74, 6) is -0.0659. The van der Waals surface area contributed by atoms with Gasteiger partial charge in [-0.2, -0.15) is 0 Å². The number of methoxy groups -OCH3 is 1. The minimum Gasteiger partial charge on any atom is -0.385 e. The van der Waals surface area contributed by atoms with Crippen LogP contribution in [0.1, 0.15) is 37.7 Å². The van der Waals surface area contributed by atoms with Gasteiger partial charge in [-0.3, -0.25) is 4.79 Å². The predicted octanol–water partition coefficient (Wildman–Crippen LogP) is 2.06. The van der Waals surface area contributed by atoms with Crippen molar-refractivity contribution in [3.8, 4) is 0 Å². The fourth-order valence-corrected chi connectivity index (χ4v) is 3.38. The number of hydrogen-bond donors (Lipinski definition) is 3. The van der Waals surface area contributed by atoms with Crippen molar-refractivity contribution in [1.29, 1.82) is 0 Å². The number of carbonyl (C=O) groups is 1. The summed E-state index contributed by atoms with van der Waals surface area (Å²) in [6, 6.07) is 7.70. The minimum atomic E-state index is -3.58. The van der Waals surface area contributed by atoms with E-state index in [1.165, 1.54) is 24.4 Å². The Morgan fingerprint density at radius 2 is 1.83 bits per heavy atom. The number of aromatic nitrogens is 2. The zero-order valence-corrected chi connectivity index (χ0v) is 17.8. The Balaban J connectivity index is 2.04. The first-order valence-electron chi connectivity index (χ1n) is 9.12. The summed E-state index contributed by atoms with van der Waals surface area (Å²) in [6.45, 7) is 6.43. The van der Waals surface area contributed by atoms with Gasteiger partial charge in [0.1, 0.15) is 5.69 Å². The number of rotatable bonds is 9. The maximum absolute atomic E-state index is 12.3. The SMILES string of the molecule is COCCCNS(=O)(=O)c1ccc(Nc2nccc(C(=O)NC(C)(C)C)n2)cc1. The van der Waals surface area contributed by atoms with E-state index in [0.717, 1.165) is 0 Å². The zero-order chi connectivity index (χ0) is 21.5. The molecule has 0 bridgehead atoms. The van der Waals surface area contributed by atoms with Gasteiger partial charge in [0.05, 0.1) is 4.90 Å². The molecular weight excluding hydrogens is 394 g/mol. The number of ether oxygens (including phenoxy) is 1. The Hall–Kier alpha value is -2.56. The third-order valence-electron chi connectivity index (χ3n) is 3.61. The topological polar surface area (TPSA) is 122 Å². The molecule has 29 heavy (non-hydrogen) atoms. The Morgan fingerprint density at radius 3 is 2.45 bits per heavy atom. The van der Waals surface area contributed by atoms with Crippen LogP contribution in [0.2, 0.25) is 0 Å². The molecule has 0 aliphatic carbocycles. The number of nitrogens with zero attached hydrogens (tertiary/aromatic N) is 2. The normalized spacial score (nSPS) is 11.9. The van der Waals surface area contributed by atoms with Crippen molar-refractivity contribution >= 4 is 27.6 Å². The molecule has 1 heterocycles. The van der Waals surface area contributed by atoms with Crippen molar-refractivity contribution in [2.45, 2.75) is 37.6 Å². The molecule has 0 unspecified atom stereocenters. The molecule has 2 aromatic rings. The van der Waals surface area contributed by atoms with Crippen molar-refractivity contribution in [2.24, 2.45) is 0 Å². The largest absolute Gasteiger partial charge is 0.385 e. The quantitative estimate of drug-likeness (QED) is 0.530. The lowest BCUT2D eigenvalue weighted by Gasteiger charge is -2.20. The molecule has 0 saturated heterocycles. The van der Waals surface area contributed by atoms with E-state index >= 15 is 0 Å². The van der Waals surface area contributed by atoms with Crippen molar-refractivity contribution in [2.75, 3.05) is 25.6 Å². The lowest BCUT2D eigenvalue weighted by molar-refractivity contribution is 0.0914. The first-order valence-corrected chi connectivity index (χ1v) is 10.6. The van der Waals surface area contributed by atoms with Gasteiger partial charge in [-0.1, -0.05) is 0 Å². The molecule has 0 atom stereocenters. The molecule has 10 heteroatoms. The molecule has 158 valence electrons. The van der Waals surface area contributed by atoms with Crippen LogP contribution in [0, 0.1) is 0 Å². The standard InChI is InChI=1S/C19H27N5O4S/c1-19(2,3)24-17(25)16-10-12-20-18(23-16)22-14-6-8-15(9-7-14)29(26,27)21-11-5-13-28-4/h6-10,12,21H,5,11,13H2,1-4H3,(H,24,25)(H,20,22,23). The number of hydrogen-bond acceptors (Lipinski definition) is 7. The van der Waals surface area contributed by atoms with Crippen molar-refractivity contribution in [3.63, 3.8) is 0 Å². The molecule has 0 radical (unpaired) electrons. The van der Waals surface area contributed by atoms with E-state index in [4.69, 9.17) is 4.74 Å². The summed E-state index contributed by atoms with van der Waals surface area (Å²) in [5.41, 5.74) is 0.447. The number of anilines is 2. The van der Waals surface area contributed by atoms with E-state index in [0.29, 0.717) is 25.3 Å². The van der Waals surface area contributed by atoms with Gasteiger partial charge in [0.15, 0.2) is 0 Å². The molecule has 0 spiro atoms. The Morgan fingerprint density at radius 1 is 1.14 bits per heavy atom. The second-order valence-corrected chi connectivity index (χ2v) is 9.13. The number of benzene rings is 1. The van der Waals surface area contributed by atoms with Crippen molar-refractivity contribution in [1.82, 2.24) is 20.0 Å². The highest BCUT2D eigenvalue weighted by atomic mass is 32.2. The summed E-state index contributed by atoms with van der Waals surface area (Å²) in [5, 5.41) is 5.80. The van der Waals surface area contributed by atoms with Gasteiger partial charge in [0.2, 0.25) is 16.0 Å². The van der Waals surface area contributed by atoms with Gasteiger partial charge in [0.25, 0.3) is 5.91 Å². The maximum Gasteiger partial charge on any atom is 0.270 e. The van der Waals surface area contributed by atoms with Crippen LogP contribution in [0.15, 0.2) is 41.4 Å². The van der Waals surface area contributed by atoms with Gasteiger partial charge in [-0.15, -0.1) is 0 Å². The van der Waals surface area contributed by atoms with E-state index < -0.39 is 10.0 Å². The number of sulfonamides is 1. The number of nitrogens with one attached hydrogen (secondary N) is 3. The molecule has 1 aromatic carbocycles. The van der Waals surface area contributed by atoms with E-state index in [-0.39, 0.29) is 28.0 Å². The van der Waals surface area contributed by atoms with Gasteiger partial charge in [-0.05, 0) is 57.5 Å². The fraction of sp³-hybridized carbons (Fsp3) is 0.421. The molecule has 0 aliphatic rings. The van der Waals surface area contributed by atoms with Crippen molar-refractivity contribution in [3.05, 3.63) is 42.2 Å². The molecule has 0 fully saturated rings. The van der Waals surface area contributed by atoms with Gasteiger partial charge < -0.3 is 15.4 Å². The van der Waals surface area contributed by atoms with Crippen molar-refractivity contribution < 1.29 is 17.9 Å². The first-order chi connectivity index (χ1) is 13.6. The van der Waals surface area contributed by atoms with Crippen LogP contribution in [0.3, 0.4) is 0 Å².